The van der Waals surface area contributed by atoms with Crippen LogP contribution in [0.15, 0.2) is 12.3 Å². The first kappa shape index (κ1) is 10.6. The van der Waals surface area contributed by atoms with Gasteiger partial charge in [0, 0.05) is 0 Å². The molecule has 4 heteroatoms. The van der Waals surface area contributed by atoms with E-state index >= 15 is 0 Å². The molecule has 1 aromatic rings. The summed E-state index contributed by atoms with van der Waals surface area (Å²) in [5.41, 5.74) is 1.48. The molecular weight excluding hydrogens is 200 g/mol. The van der Waals surface area contributed by atoms with Gasteiger partial charge in [0.15, 0.2) is 0 Å². The predicted molar refractivity (Wildman–Crippen MR) is 56.1 cm³/mol. The van der Waals surface area contributed by atoms with Crippen LogP contribution in [-0.4, -0.2) is 10.9 Å². The molecule has 0 aliphatic carbocycles. The highest BCUT2D eigenvalue weighted by molar-refractivity contribution is 6.29. The zero-order chi connectivity index (χ0) is 10.6. The van der Waals surface area contributed by atoms with Crippen LogP contribution in [0.3, 0.4) is 0 Å². The van der Waals surface area contributed by atoms with Crippen LogP contribution in [-0.2, 0) is 4.79 Å². The fourth-order valence-electron chi connectivity index (χ4n) is 0.920. The monoisotopic (exact) mass is 208 g/mol. The molecule has 0 saturated carbocycles. The average molecular weight is 209 g/mol. The summed E-state index contributed by atoms with van der Waals surface area (Å²) >= 11 is 5.66. The molecule has 1 heterocycles. The van der Waals surface area contributed by atoms with Gasteiger partial charge in [0.25, 0.3) is 5.91 Å². The number of hydrogen-bond donors (Lipinski definition) is 1. The van der Waals surface area contributed by atoms with Crippen LogP contribution in [0.5, 0.6) is 0 Å². The fraction of sp³-hybridized carbons (Fsp3) is 0.200. The molecule has 0 aromatic carbocycles. The van der Waals surface area contributed by atoms with Crippen molar-refractivity contribution in [3.63, 3.8) is 0 Å². The minimum atomic E-state index is -0.347. The van der Waals surface area contributed by atoms with Crippen molar-refractivity contribution in [2.24, 2.45) is 0 Å². The SMILES string of the molecule is CC#CC(=O)Nc1cnc(Cl)cc1C. The Morgan fingerprint density at radius 3 is 2.93 bits per heavy atom. The van der Waals surface area contributed by atoms with Gasteiger partial charge in [-0.05, 0) is 31.4 Å². The fourth-order valence-corrected chi connectivity index (χ4v) is 1.13. The lowest BCUT2D eigenvalue weighted by molar-refractivity contribution is -0.111. The molecule has 3 nitrogen and oxygen atoms in total. The van der Waals surface area contributed by atoms with Crippen molar-refractivity contribution >= 4 is 23.2 Å². The van der Waals surface area contributed by atoms with Gasteiger partial charge in [-0.1, -0.05) is 17.5 Å². The number of carbonyl (C=O) groups is 1. The van der Waals surface area contributed by atoms with E-state index in [2.05, 4.69) is 22.1 Å². The summed E-state index contributed by atoms with van der Waals surface area (Å²) in [5, 5.41) is 3.01. The van der Waals surface area contributed by atoms with Crippen molar-refractivity contribution in [2.45, 2.75) is 13.8 Å². The maximum atomic E-state index is 11.1. The smallest absolute Gasteiger partial charge is 0.300 e. The van der Waals surface area contributed by atoms with E-state index in [1.54, 1.807) is 13.0 Å². The molecule has 72 valence electrons. The van der Waals surface area contributed by atoms with E-state index in [1.807, 2.05) is 6.92 Å². The molecule has 0 radical (unpaired) electrons. The number of amides is 1. The molecule has 0 spiro atoms. The van der Waals surface area contributed by atoms with Gasteiger partial charge >= 0.3 is 0 Å². The Labute approximate surface area is 87.5 Å². The maximum Gasteiger partial charge on any atom is 0.300 e. The second-order valence-corrected chi connectivity index (χ2v) is 3.04. The third-order valence-corrected chi connectivity index (χ3v) is 1.77. The first-order valence-electron chi connectivity index (χ1n) is 3.99. The Morgan fingerprint density at radius 1 is 1.64 bits per heavy atom. The van der Waals surface area contributed by atoms with Crippen LogP contribution >= 0.6 is 11.6 Å². The first-order chi connectivity index (χ1) is 6.63. The molecule has 0 saturated heterocycles. The molecule has 1 amide bonds. The van der Waals surface area contributed by atoms with E-state index < -0.39 is 0 Å². The minimum Gasteiger partial charge on any atom is -0.313 e. The zero-order valence-electron chi connectivity index (χ0n) is 7.89. The van der Waals surface area contributed by atoms with Gasteiger partial charge in [-0.25, -0.2) is 4.98 Å². The highest BCUT2D eigenvalue weighted by atomic mass is 35.5. The number of aromatic nitrogens is 1. The van der Waals surface area contributed by atoms with E-state index in [9.17, 15) is 4.79 Å². The largest absolute Gasteiger partial charge is 0.313 e. The first-order valence-corrected chi connectivity index (χ1v) is 4.37. The predicted octanol–water partition coefficient (Wildman–Crippen LogP) is 2.01. The van der Waals surface area contributed by atoms with Crippen LogP contribution in [0, 0.1) is 18.8 Å². The summed E-state index contributed by atoms with van der Waals surface area (Å²) in [4.78, 5) is 15.0. The van der Waals surface area contributed by atoms with Crippen molar-refractivity contribution < 1.29 is 4.79 Å². The quantitative estimate of drug-likeness (QED) is 0.567. The number of anilines is 1. The van der Waals surface area contributed by atoms with Crippen LogP contribution in [0.25, 0.3) is 0 Å². The number of pyridine rings is 1. The molecule has 1 N–H and O–H groups in total. The number of carbonyl (C=O) groups excluding carboxylic acids is 1. The number of halogens is 1. The highest BCUT2D eigenvalue weighted by Crippen LogP contribution is 2.16. The molecule has 0 bridgehead atoms. The molecule has 0 aliphatic heterocycles. The van der Waals surface area contributed by atoms with E-state index in [0.717, 1.165) is 5.56 Å². The van der Waals surface area contributed by atoms with Crippen LogP contribution < -0.4 is 5.32 Å². The van der Waals surface area contributed by atoms with Crippen LogP contribution in [0.4, 0.5) is 5.69 Å². The number of aryl methyl sites for hydroxylation is 1. The van der Waals surface area contributed by atoms with E-state index in [-0.39, 0.29) is 5.91 Å². The topological polar surface area (TPSA) is 42.0 Å². The molecular formula is C10H9ClN2O. The van der Waals surface area contributed by atoms with Gasteiger partial charge in [-0.2, -0.15) is 0 Å². The lowest BCUT2D eigenvalue weighted by Crippen LogP contribution is -2.09. The lowest BCUT2D eigenvalue weighted by atomic mass is 10.2. The van der Waals surface area contributed by atoms with Crippen molar-refractivity contribution in [3.8, 4) is 11.8 Å². The maximum absolute atomic E-state index is 11.1. The summed E-state index contributed by atoms with van der Waals surface area (Å²) in [5.74, 6) is 4.54. The molecule has 0 fully saturated rings. The van der Waals surface area contributed by atoms with Gasteiger partial charge in [0.05, 0.1) is 11.9 Å². The summed E-state index contributed by atoms with van der Waals surface area (Å²) in [6.07, 6.45) is 1.51. The Balaban J connectivity index is 2.85. The van der Waals surface area contributed by atoms with Crippen LogP contribution in [0.2, 0.25) is 5.15 Å². The van der Waals surface area contributed by atoms with Crippen molar-refractivity contribution in [2.75, 3.05) is 5.32 Å². The summed E-state index contributed by atoms with van der Waals surface area (Å²) in [6.45, 7) is 3.44. The van der Waals surface area contributed by atoms with Crippen molar-refractivity contribution in [3.05, 3.63) is 23.0 Å². The van der Waals surface area contributed by atoms with Crippen molar-refractivity contribution in [1.82, 2.24) is 4.98 Å². The van der Waals surface area contributed by atoms with Crippen molar-refractivity contribution in [1.29, 1.82) is 0 Å². The number of rotatable bonds is 1. The van der Waals surface area contributed by atoms with Gasteiger partial charge in [0.2, 0.25) is 0 Å². The summed E-state index contributed by atoms with van der Waals surface area (Å²) in [7, 11) is 0. The molecule has 1 aromatic heterocycles. The molecule has 0 atom stereocenters. The van der Waals surface area contributed by atoms with Gasteiger partial charge in [0.1, 0.15) is 5.15 Å². The summed E-state index contributed by atoms with van der Waals surface area (Å²) in [6, 6.07) is 1.68. The standard InChI is InChI=1S/C10H9ClN2O/c1-3-4-10(14)13-8-6-12-9(11)5-7(8)2/h5-6H,1-2H3,(H,13,14). The van der Waals surface area contributed by atoms with Gasteiger partial charge in [-0.15, -0.1) is 0 Å². The Hall–Kier alpha value is -1.53. The highest BCUT2D eigenvalue weighted by Gasteiger charge is 2.02. The number of nitrogens with one attached hydrogen (secondary N) is 1. The van der Waals surface area contributed by atoms with E-state index in [0.29, 0.717) is 10.8 Å². The average Bonchev–Trinajstić information content (AvgIpc) is 2.10. The Bertz CT molecular complexity index is 418. The second kappa shape index (κ2) is 4.64. The summed E-state index contributed by atoms with van der Waals surface area (Å²) < 4.78 is 0. The Morgan fingerprint density at radius 2 is 2.36 bits per heavy atom. The molecule has 0 unspecified atom stereocenters. The molecule has 14 heavy (non-hydrogen) atoms. The zero-order valence-corrected chi connectivity index (χ0v) is 8.64. The van der Waals surface area contributed by atoms with E-state index in [4.69, 9.17) is 11.6 Å². The lowest BCUT2D eigenvalue weighted by Gasteiger charge is -2.04. The minimum absolute atomic E-state index is 0.347. The van der Waals surface area contributed by atoms with Crippen LogP contribution in [0.1, 0.15) is 12.5 Å². The van der Waals surface area contributed by atoms with Gasteiger partial charge < -0.3 is 5.32 Å². The molecule has 0 aliphatic rings. The third kappa shape index (κ3) is 2.75. The molecule has 1 rings (SSSR count). The number of nitrogens with zero attached hydrogens (tertiary/aromatic N) is 1. The Kier molecular flexibility index (Phi) is 3.49. The number of hydrogen-bond acceptors (Lipinski definition) is 2. The normalized spacial score (nSPS) is 8.79. The van der Waals surface area contributed by atoms with Gasteiger partial charge in [-0.3, -0.25) is 4.79 Å². The second-order valence-electron chi connectivity index (χ2n) is 2.65. The third-order valence-electron chi connectivity index (χ3n) is 1.56. The van der Waals surface area contributed by atoms with E-state index in [1.165, 1.54) is 6.20 Å².